The van der Waals surface area contributed by atoms with E-state index in [-0.39, 0.29) is 5.91 Å². The third-order valence-corrected chi connectivity index (χ3v) is 5.85. The van der Waals surface area contributed by atoms with Crippen LogP contribution in [-0.2, 0) is 11.8 Å². The van der Waals surface area contributed by atoms with Gasteiger partial charge in [0.25, 0.3) is 0 Å². The van der Waals surface area contributed by atoms with Crippen LogP contribution in [0.1, 0.15) is 36.6 Å². The molecule has 6 heteroatoms. The van der Waals surface area contributed by atoms with E-state index >= 15 is 0 Å². The lowest BCUT2D eigenvalue weighted by Gasteiger charge is -2.26. The summed E-state index contributed by atoms with van der Waals surface area (Å²) < 4.78 is 2.04. The molecule has 0 atom stereocenters. The van der Waals surface area contributed by atoms with E-state index in [9.17, 15) is 4.79 Å². The van der Waals surface area contributed by atoms with Crippen LogP contribution in [0.2, 0.25) is 0 Å². The highest BCUT2D eigenvalue weighted by Crippen LogP contribution is 2.39. The lowest BCUT2D eigenvalue weighted by atomic mass is 10.00. The summed E-state index contributed by atoms with van der Waals surface area (Å²) in [6.45, 7) is 1.47. The minimum Gasteiger partial charge on any atom is -0.338 e. The molecule has 25 heavy (non-hydrogen) atoms. The predicted octanol–water partition coefficient (Wildman–Crippen LogP) is 3.10. The van der Waals surface area contributed by atoms with Gasteiger partial charge in [-0.1, -0.05) is 48.2 Å². The summed E-state index contributed by atoms with van der Waals surface area (Å²) >= 11 is 1.49. The minimum atomic E-state index is 0.171. The Morgan fingerprint density at radius 2 is 2.04 bits per heavy atom. The molecule has 5 nitrogen and oxygen atoms in total. The Hall–Kier alpha value is -2.08. The summed E-state index contributed by atoms with van der Waals surface area (Å²) in [5, 5.41) is 9.35. The van der Waals surface area contributed by atoms with E-state index in [0.29, 0.717) is 18.2 Å². The zero-order chi connectivity index (χ0) is 17.2. The van der Waals surface area contributed by atoms with Crippen molar-refractivity contribution < 1.29 is 4.79 Å². The molecule has 0 bridgehead atoms. The molecule has 4 rings (SSSR count). The molecule has 130 valence electrons. The van der Waals surface area contributed by atoms with E-state index in [0.717, 1.165) is 23.9 Å². The first-order valence-corrected chi connectivity index (χ1v) is 9.75. The molecule has 1 aromatic heterocycles. The number of carbonyl (C=O) groups excluding carboxylic acids is 1. The van der Waals surface area contributed by atoms with Gasteiger partial charge in [-0.15, -0.1) is 10.2 Å². The molecule has 1 aliphatic heterocycles. The van der Waals surface area contributed by atoms with Gasteiger partial charge in [0.2, 0.25) is 5.91 Å². The molecule has 0 unspecified atom stereocenters. The maximum Gasteiger partial charge on any atom is 0.233 e. The first-order chi connectivity index (χ1) is 12.2. The number of rotatable bonds is 5. The summed E-state index contributed by atoms with van der Waals surface area (Å²) in [5.74, 6) is 2.23. The van der Waals surface area contributed by atoms with Gasteiger partial charge in [-0.05, 0) is 30.4 Å². The molecule has 1 amide bonds. The van der Waals surface area contributed by atoms with Crippen LogP contribution in [0.3, 0.4) is 0 Å². The molecule has 0 N–H and O–H groups in total. The van der Waals surface area contributed by atoms with Gasteiger partial charge >= 0.3 is 0 Å². The van der Waals surface area contributed by atoms with Gasteiger partial charge in [-0.3, -0.25) is 4.79 Å². The average Bonchev–Trinajstić information content (AvgIpc) is 3.44. The average molecular weight is 354 g/mol. The molecule has 0 spiro atoms. The van der Waals surface area contributed by atoms with Gasteiger partial charge in [0.05, 0.1) is 5.75 Å². The molecule has 1 fully saturated rings. The number of benzene rings is 1. The number of amides is 1. The monoisotopic (exact) mass is 354 g/mol. The smallest absolute Gasteiger partial charge is 0.233 e. The number of hydrogen-bond donors (Lipinski definition) is 0. The van der Waals surface area contributed by atoms with Crippen molar-refractivity contribution in [1.82, 2.24) is 19.7 Å². The molecule has 1 aliphatic carbocycles. The van der Waals surface area contributed by atoms with Crippen molar-refractivity contribution in [2.24, 2.45) is 7.05 Å². The van der Waals surface area contributed by atoms with Gasteiger partial charge in [-0.25, -0.2) is 0 Å². The molecule has 0 saturated heterocycles. The van der Waals surface area contributed by atoms with Crippen molar-refractivity contribution >= 4 is 23.2 Å². The van der Waals surface area contributed by atoms with E-state index in [1.165, 1.54) is 35.7 Å². The second kappa shape index (κ2) is 7.04. The molecule has 2 aromatic rings. The Bertz CT molecular complexity index is 795. The summed E-state index contributed by atoms with van der Waals surface area (Å²) in [6, 6.07) is 10.4. The van der Waals surface area contributed by atoms with Crippen molar-refractivity contribution in [2.45, 2.75) is 30.3 Å². The van der Waals surface area contributed by atoms with Crippen LogP contribution >= 0.6 is 11.8 Å². The van der Waals surface area contributed by atoms with Crippen LogP contribution < -0.4 is 0 Å². The van der Waals surface area contributed by atoms with Crippen molar-refractivity contribution in [3.05, 3.63) is 47.8 Å². The van der Waals surface area contributed by atoms with Crippen LogP contribution in [0.5, 0.6) is 0 Å². The van der Waals surface area contributed by atoms with Gasteiger partial charge in [0, 0.05) is 26.1 Å². The lowest BCUT2D eigenvalue weighted by molar-refractivity contribution is -0.127. The van der Waals surface area contributed by atoms with Crippen molar-refractivity contribution in [3.63, 3.8) is 0 Å². The number of nitrogens with zero attached hydrogens (tertiary/aromatic N) is 4. The molecular formula is C19H22N4OS. The second-order valence-corrected chi connectivity index (χ2v) is 7.59. The van der Waals surface area contributed by atoms with Crippen LogP contribution in [-0.4, -0.2) is 44.4 Å². The Kier molecular flexibility index (Phi) is 4.61. The largest absolute Gasteiger partial charge is 0.338 e. The molecule has 1 aromatic carbocycles. The van der Waals surface area contributed by atoms with E-state index in [4.69, 9.17) is 0 Å². The summed E-state index contributed by atoms with van der Waals surface area (Å²) in [7, 11) is 2.00. The SMILES string of the molecule is Cn1c(SCC(=O)N2CC=C(c3ccccc3)CC2)nnc1C1CC1. The third-order valence-electron chi connectivity index (χ3n) is 4.84. The predicted molar refractivity (Wildman–Crippen MR) is 99.3 cm³/mol. The van der Waals surface area contributed by atoms with Crippen LogP contribution in [0.25, 0.3) is 5.57 Å². The Morgan fingerprint density at radius 1 is 1.24 bits per heavy atom. The van der Waals surface area contributed by atoms with Crippen molar-refractivity contribution in [2.75, 3.05) is 18.8 Å². The standard InChI is InChI=1S/C19H22N4OS/c1-22-18(16-7-8-16)20-21-19(22)25-13-17(24)23-11-9-15(10-12-23)14-5-3-2-4-6-14/h2-6,9,16H,7-8,10-13H2,1H3. The zero-order valence-corrected chi connectivity index (χ0v) is 15.2. The van der Waals surface area contributed by atoms with Crippen LogP contribution in [0.4, 0.5) is 0 Å². The maximum absolute atomic E-state index is 12.5. The summed E-state index contributed by atoms with van der Waals surface area (Å²) in [6.07, 6.45) is 5.50. The van der Waals surface area contributed by atoms with Crippen LogP contribution in [0.15, 0.2) is 41.6 Å². The molecule has 2 heterocycles. The first kappa shape index (κ1) is 16.4. The summed E-state index contributed by atoms with van der Waals surface area (Å²) in [4.78, 5) is 14.4. The highest BCUT2D eigenvalue weighted by atomic mass is 32.2. The maximum atomic E-state index is 12.5. The molecule has 2 aliphatic rings. The minimum absolute atomic E-state index is 0.171. The van der Waals surface area contributed by atoms with E-state index < -0.39 is 0 Å². The van der Waals surface area contributed by atoms with Gasteiger partial charge < -0.3 is 9.47 Å². The van der Waals surface area contributed by atoms with Crippen molar-refractivity contribution in [1.29, 1.82) is 0 Å². The molecular weight excluding hydrogens is 332 g/mol. The zero-order valence-electron chi connectivity index (χ0n) is 14.4. The Balaban J connectivity index is 1.33. The highest BCUT2D eigenvalue weighted by Gasteiger charge is 2.29. The second-order valence-electron chi connectivity index (χ2n) is 6.65. The number of thioether (sulfide) groups is 1. The van der Waals surface area contributed by atoms with E-state index in [2.05, 4.69) is 40.5 Å². The molecule has 0 radical (unpaired) electrons. The molecule has 1 saturated carbocycles. The third kappa shape index (κ3) is 3.63. The topological polar surface area (TPSA) is 51.0 Å². The lowest BCUT2D eigenvalue weighted by Crippen LogP contribution is -2.35. The Morgan fingerprint density at radius 3 is 2.72 bits per heavy atom. The van der Waals surface area contributed by atoms with E-state index in [1.54, 1.807) is 0 Å². The fourth-order valence-electron chi connectivity index (χ4n) is 3.18. The number of aromatic nitrogens is 3. The fourth-order valence-corrected chi connectivity index (χ4v) is 4.00. The van der Waals surface area contributed by atoms with Gasteiger partial charge in [0.1, 0.15) is 5.82 Å². The Labute approximate surface area is 152 Å². The first-order valence-electron chi connectivity index (χ1n) is 8.76. The van der Waals surface area contributed by atoms with Crippen molar-refractivity contribution in [3.8, 4) is 0 Å². The number of hydrogen-bond acceptors (Lipinski definition) is 4. The van der Waals surface area contributed by atoms with Crippen LogP contribution in [0, 0.1) is 0 Å². The van der Waals surface area contributed by atoms with Gasteiger partial charge in [0.15, 0.2) is 5.16 Å². The highest BCUT2D eigenvalue weighted by molar-refractivity contribution is 7.99. The quantitative estimate of drug-likeness (QED) is 0.774. The van der Waals surface area contributed by atoms with E-state index in [1.807, 2.05) is 22.6 Å². The normalized spacial score (nSPS) is 17.5. The number of carbonyl (C=O) groups is 1. The fraction of sp³-hybridized carbons (Fsp3) is 0.421. The van der Waals surface area contributed by atoms with Gasteiger partial charge in [-0.2, -0.15) is 0 Å². The summed E-state index contributed by atoms with van der Waals surface area (Å²) in [5.41, 5.74) is 2.59.